The molecule has 3 aliphatic rings. The van der Waals surface area contributed by atoms with Crippen LogP contribution in [-0.4, -0.2) is 48.2 Å². The van der Waals surface area contributed by atoms with Gasteiger partial charge in [-0.1, -0.05) is 11.6 Å². The van der Waals surface area contributed by atoms with E-state index in [2.05, 4.69) is 5.32 Å². The maximum Gasteiger partial charge on any atom is 0.256 e. The zero-order valence-electron chi connectivity index (χ0n) is 15.0. The van der Waals surface area contributed by atoms with Crippen LogP contribution in [-0.2, 0) is 28.5 Å². The van der Waals surface area contributed by atoms with Crippen molar-refractivity contribution in [1.29, 1.82) is 0 Å². The topological polar surface area (TPSA) is 75.3 Å². The van der Waals surface area contributed by atoms with Crippen molar-refractivity contribution in [2.24, 2.45) is 0 Å². The van der Waals surface area contributed by atoms with E-state index in [1.165, 1.54) is 0 Å². The summed E-state index contributed by atoms with van der Waals surface area (Å²) in [6.07, 6.45) is -3.13. The van der Waals surface area contributed by atoms with Crippen LogP contribution in [0, 0.1) is 0 Å². The zero-order chi connectivity index (χ0) is 18.7. The van der Waals surface area contributed by atoms with E-state index < -0.39 is 42.3 Å². The highest BCUT2D eigenvalue weighted by molar-refractivity contribution is 6.30. The number of hydrogen-bond acceptors (Lipinski definition) is 6. The fraction of sp³-hybridized carbons (Fsp3) is 0.611. The van der Waals surface area contributed by atoms with E-state index in [9.17, 15) is 4.79 Å². The number of ether oxygens (including phenoxy) is 5. The molecule has 3 heterocycles. The lowest BCUT2D eigenvalue weighted by Gasteiger charge is -2.36. The molecule has 0 aliphatic carbocycles. The first-order valence-corrected chi connectivity index (χ1v) is 8.95. The van der Waals surface area contributed by atoms with Gasteiger partial charge < -0.3 is 29.0 Å². The molecular weight excluding hydrogens is 362 g/mol. The molecule has 1 amide bonds. The molecule has 8 heteroatoms. The van der Waals surface area contributed by atoms with Crippen molar-refractivity contribution in [3.8, 4) is 0 Å². The van der Waals surface area contributed by atoms with Crippen molar-refractivity contribution in [3.63, 3.8) is 0 Å². The quantitative estimate of drug-likeness (QED) is 0.846. The molecule has 0 bridgehead atoms. The molecule has 0 unspecified atom stereocenters. The number of hydrogen-bond donors (Lipinski definition) is 1. The van der Waals surface area contributed by atoms with Crippen LogP contribution in [0.3, 0.4) is 0 Å². The van der Waals surface area contributed by atoms with E-state index in [1.807, 2.05) is 0 Å². The first-order chi connectivity index (χ1) is 12.1. The number of halogens is 1. The molecule has 7 nitrogen and oxygen atoms in total. The number of benzene rings is 1. The lowest BCUT2D eigenvalue weighted by Crippen LogP contribution is -2.58. The van der Waals surface area contributed by atoms with Gasteiger partial charge in [0.15, 0.2) is 24.0 Å². The molecule has 0 aromatic heterocycles. The average molecular weight is 384 g/mol. The Morgan fingerprint density at radius 3 is 2.19 bits per heavy atom. The van der Waals surface area contributed by atoms with Crippen LogP contribution in [0.1, 0.15) is 27.7 Å². The van der Waals surface area contributed by atoms with E-state index in [-0.39, 0.29) is 5.91 Å². The number of anilines is 1. The number of amides is 1. The van der Waals surface area contributed by atoms with E-state index in [1.54, 1.807) is 52.0 Å². The summed E-state index contributed by atoms with van der Waals surface area (Å²) in [7, 11) is 0. The first-order valence-electron chi connectivity index (χ1n) is 8.57. The number of fused-ring (bicyclic) bond motifs is 3. The predicted octanol–water partition coefficient (Wildman–Crippen LogP) is 2.68. The zero-order valence-corrected chi connectivity index (χ0v) is 15.8. The molecule has 1 aromatic rings. The van der Waals surface area contributed by atoms with Crippen molar-refractivity contribution in [2.45, 2.75) is 70.0 Å². The standard InChI is InChI=1S/C18H22ClNO6/c1-17(2)23-11-12(24-17)14-16(26-18(3,4)25-14)22-13(11)15(21)20-10-7-5-9(19)6-8-10/h5-8,11-14,16H,1-4H3,(H,20,21)/t11-,12+,13+,14-,16+/m1/s1. The summed E-state index contributed by atoms with van der Waals surface area (Å²) in [4.78, 5) is 12.9. The fourth-order valence-electron chi connectivity index (χ4n) is 3.57. The van der Waals surface area contributed by atoms with Crippen LogP contribution < -0.4 is 5.32 Å². The first kappa shape index (κ1) is 18.2. The van der Waals surface area contributed by atoms with Gasteiger partial charge in [-0.05, 0) is 52.0 Å². The van der Waals surface area contributed by atoms with Crippen LogP contribution in [0.25, 0.3) is 0 Å². The third-order valence-corrected chi connectivity index (χ3v) is 4.78. The molecule has 1 N–H and O–H groups in total. The molecule has 0 saturated carbocycles. The predicted molar refractivity (Wildman–Crippen MR) is 92.6 cm³/mol. The van der Waals surface area contributed by atoms with Gasteiger partial charge >= 0.3 is 0 Å². The second-order valence-corrected chi connectivity index (χ2v) is 8.02. The summed E-state index contributed by atoms with van der Waals surface area (Å²) < 4.78 is 29.6. The van der Waals surface area contributed by atoms with Crippen LogP contribution in [0.2, 0.25) is 5.02 Å². The molecule has 3 aliphatic heterocycles. The monoisotopic (exact) mass is 383 g/mol. The van der Waals surface area contributed by atoms with Gasteiger partial charge in [0.1, 0.15) is 18.3 Å². The van der Waals surface area contributed by atoms with Crippen molar-refractivity contribution < 1.29 is 28.5 Å². The van der Waals surface area contributed by atoms with Gasteiger partial charge in [-0.3, -0.25) is 4.79 Å². The number of nitrogens with one attached hydrogen (secondary N) is 1. The molecule has 3 saturated heterocycles. The normalized spacial score (nSPS) is 37.0. The lowest BCUT2D eigenvalue weighted by molar-refractivity contribution is -0.229. The third kappa shape index (κ3) is 3.35. The molecule has 5 atom stereocenters. The Kier molecular flexibility index (Phi) is 4.30. The van der Waals surface area contributed by atoms with Crippen molar-refractivity contribution in [1.82, 2.24) is 0 Å². The van der Waals surface area contributed by atoms with Crippen LogP contribution in [0.4, 0.5) is 5.69 Å². The Morgan fingerprint density at radius 1 is 0.923 bits per heavy atom. The number of rotatable bonds is 2. The minimum Gasteiger partial charge on any atom is -0.342 e. The van der Waals surface area contributed by atoms with E-state index in [4.69, 9.17) is 35.3 Å². The minimum absolute atomic E-state index is 0.338. The van der Waals surface area contributed by atoms with Gasteiger partial charge in [0.05, 0.1) is 0 Å². The highest BCUT2D eigenvalue weighted by atomic mass is 35.5. The Balaban J connectivity index is 1.57. The van der Waals surface area contributed by atoms with Crippen molar-refractivity contribution in [3.05, 3.63) is 29.3 Å². The van der Waals surface area contributed by atoms with Crippen LogP contribution >= 0.6 is 11.6 Å². The Labute approximate surface area is 156 Å². The maximum atomic E-state index is 12.9. The Morgan fingerprint density at radius 2 is 1.50 bits per heavy atom. The number of carbonyl (C=O) groups excluding carboxylic acids is 1. The SMILES string of the molecule is CC1(C)O[C@H]2[C@@H](O1)[C@@H](C(=O)Nc1ccc(Cl)cc1)O[C@H]1OC(C)(C)O[C@@H]12. The van der Waals surface area contributed by atoms with Crippen molar-refractivity contribution >= 4 is 23.2 Å². The summed E-state index contributed by atoms with van der Waals surface area (Å²) in [6, 6.07) is 6.84. The van der Waals surface area contributed by atoms with E-state index in [0.29, 0.717) is 10.7 Å². The molecule has 26 heavy (non-hydrogen) atoms. The fourth-order valence-corrected chi connectivity index (χ4v) is 3.70. The highest BCUT2D eigenvalue weighted by Gasteiger charge is 2.62. The molecular formula is C18H22ClNO6. The van der Waals surface area contributed by atoms with Crippen LogP contribution in [0.5, 0.6) is 0 Å². The van der Waals surface area contributed by atoms with Gasteiger partial charge in [-0.15, -0.1) is 0 Å². The summed E-state index contributed by atoms with van der Waals surface area (Å²) in [5, 5.41) is 3.42. The van der Waals surface area contributed by atoms with Gasteiger partial charge in [0.2, 0.25) is 0 Å². The van der Waals surface area contributed by atoms with E-state index in [0.717, 1.165) is 0 Å². The molecule has 0 radical (unpaired) electrons. The van der Waals surface area contributed by atoms with Gasteiger partial charge in [-0.2, -0.15) is 0 Å². The van der Waals surface area contributed by atoms with Crippen molar-refractivity contribution in [2.75, 3.05) is 5.32 Å². The summed E-state index contributed by atoms with van der Waals surface area (Å²) in [6.45, 7) is 7.20. The van der Waals surface area contributed by atoms with Gasteiger partial charge in [-0.25, -0.2) is 0 Å². The average Bonchev–Trinajstić information content (AvgIpc) is 3.02. The molecule has 0 spiro atoms. The maximum absolute atomic E-state index is 12.9. The lowest BCUT2D eigenvalue weighted by atomic mass is 9.98. The van der Waals surface area contributed by atoms with E-state index >= 15 is 0 Å². The van der Waals surface area contributed by atoms with Gasteiger partial charge in [0, 0.05) is 10.7 Å². The minimum atomic E-state index is -0.892. The molecule has 1 aromatic carbocycles. The van der Waals surface area contributed by atoms with Crippen LogP contribution in [0.15, 0.2) is 24.3 Å². The third-order valence-electron chi connectivity index (χ3n) is 4.52. The second-order valence-electron chi connectivity index (χ2n) is 7.59. The molecule has 4 rings (SSSR count). The smallest absolute Gasteiger partial charge is 0.256 e. The summed E-state index contributed by atoms with van der Waals surface area (Å²) in [5.41, 5.74) is 0.615. The largest absolute Gasteiger partial charge is 0.342 e. The Bertz CT molecular complexity index is 706. The second kappa shape index (κ2) is 6.15. The van der Waals surface area contributed by atoms with Gasteiger partial charge in [0.25, 0.3) is 5.91 Å². The Hall–Kier alpha value is -1.22. The highest BCUT2D eigenvalue weighted by Crippen LogP contribution is 2.44. The summed E-state index contributed by atoms with van der Waals surface area (Å²) >= 11 is 5.88. The molecule has 3 fully saturated rings. The summed E-state index contributed by atoms with van der Waals surface area (Å²) in [5.74, 6) is -2.00. The molecule has 142 valence electrons. The number of carbonyl (C=O) groups is 1.